The molecule has 1 aliphatic rings. The first-order valence-corrected chi connectivity index (χ1v) is 10.6. The monoisotopic (exact) mass is 396 g/mol. The van der Waals surface area contributed by atoms with Crippen LogP contribution in [-0.4, -0.2) is 35.7 Å². The Labute approximate surface area is 156 Å². The Morgan fingerprint density at radius 1 is 1.31 bits per heavy atom. The van der Waals surface area contributed by atoms with Crippen molar-refractivity contribution in [1.29, 1.82) is 0 Å². The Morgan fingerprint density at radius 3 is 2.65 bits per heavy atom. The summed E-state index contributed by atoms with van der Waals surface area (Å²) in [7, 11) is -3.71. The van der Waals surface area contributed by atoms with Gasteiger partial charge in [0.05, 0.1) is 21.4 Å². The smallest absolute Gasteiger partial charge is 0.293 e. The summed E-state index contributed by atoms with van der Waals surface area (Å²) in [6.45, 7) is 3.20. The first-order valence-electron chi connectivity index (χ1n) is 8.32. The molecule has 26 heavy (non-hydrogen) atoms. The molecule has 0 saturated carbocycles. The lowest BCUT2D eigenvalue weighted by atomic mass is 10.2. The summed E-state index contributed by atoms with van der Waals surface area (Å²) in [5.41, 5.74) is 0.0444. The molecule has 1 aromatic heterocycles. The van der Waals surface area contributed by atoms with Gasteiger partial charge < -0.3 is 5.32 Å². The maximum absolute atomic E-state index is 12.7. The zero-order chi connectivity index (χ0) is 18.7. The third-order valence-corrected chi connectivity index (χ3v) is 7.05. The van der Waals surface area contributed by atoms with Crippen LogP contribution in [0.2, 0.25) is 0 Å². The average molecular weight is 396 g/mol. The maximum atomic E-state index is 12.7. The van der Waals surface area contributed by atoms with Crippen molar-refractivity contribution in [2.75, 3.05) is 18.4 Å². The topological polar surface area (TPSA) is 105 Å². The molecular weight excluding hydrogens is 376 g/mol. The number of sulfonamides is 1. The van der Waals surface area contributed by atoms with E-state index < -0.39 is 14.9 Å². The number of nitro benzene ring substituents is 1. The zero-order valence-corrected chi connectivity index (χ0v) is 16.0. The second kappa shape index (κ2) is 7.68. The van der Waals surface area contributed by atoms with Crippen molar-refractivity contribution in [2.24, 2.45) is 0 Å². The minimum Gasteiger partial charge on any atom is -0.375 e. The van der Waals surface area contributed by atoms with Gasteiger partial charge >= 0.3 is 0 Å². The summed E-state index contributed by atoms with van der Waals surface area (Å²) in [6.07, 6.45) is 4.35. The van der Waals surface area contributed by atoms with Crippen LogP contribution in [0.4, 0.5) is 11.4 Å². The third-order valence-electron chi connectivity index (χ3n) is 4.24. The second-order valence-corrected chi connectivity index (χ2v) is 9.36. The van der Waals surface area contributed by atoms with E-state index in [4.69, 9.17) is 0 Å². The van der Waals surface area contributed by atoms with E-state index in [1.54, 1.807) is 6.20 Å². The molecule has 0 bridgehead atoms. The Morgan fingerprint density at radius 2 is 2.04 bits per heavy atom. The number of nitrogens with one attached hydrogen (secondary N) is 1. The standard InChI is InChI=1S/C16H20N4O4S2/c1-12-17-10-13(25-12)11-18-15-6-5-14(9-16(15)20(21)22)26(23,24)19-7-3-2-4-8-19/h5-6,9-10,18H,2-4,7-8,11H2,1H3. The summed E-state index contributed by atoms with van der Waals surface area (Å²) in [6, 6.07) is 4.03. The van der Waals surface area contributed by atoms with E-state index in [-0.39, 0.29) is 10.6 Å². The SMILES string of the molecule is Cc1ncc(CNc2ccc(S(=O)(=O)N3CCCCC3)cc2[N+](=O)[O-])s1. The number of anilines is 1. The van der Waals surface area contributed by atoms with Crippen LogP contribution in [0.5, 0.6) is 0 Å². The van der Waals surface area contributed by atoms with Crippen LogP contribution >= 0.6 is 11.3 Å². The van der Waals surface area contributed by atoms with Gasteiger partial charge in [-0.2, -0.15) is 4.31 Å². The van der Waals surface area contributed by atoms with Gasteiger partial charge in [-0.25, -0.2) is 13.4 Å². The van der Waals surface area contributed by atoms with Gasteiger partial charge in [0.25, 0.3) is 5.69 Å². The van der Waals surface area contributed by atoms with Gasteiger partial charge in [0.2, 0.25) is 10.0 Å². The number of aromatic nitrogens is 1. The number of benzene rings is 1. The van der Waals surface area contributed by atoms with Crippen molar-refractivity contribution in [3.8, 4) is 0 Å². The Hall–Kier alpha value is -2.04. The van der Waals surface area contributed by atoms with E-state index in [1.807, 2.05) is 6.92 Å². The molecular formula is C16H20N4O4S2. The molecule has 0 amide bonds. The molecule has 1 aromatic carbocycles. The second-order valence-electron chi connectivity index (χ2n) is 6.10. The molecule has 1 N–H and O–H groups in total. The van der Waals surface area contributed by atoms with Crippen molar-refractivity contribution in [2.45, 2.75) is 37.6 Å². The molecule has 8 nitrogen and oxygen atoms in total. The van der Waals surface area contributed by atoms with Crippen LogP contribution in [0.3, 0.4) is 0 Å². The molecule has 0 aliphatic carbocycles. The minimum atomic E-state index is -3.71. The normalized spacial score (nSPS) is 15.7. The van der Waals surface area contributed by atoms with E-state index in [0.29, 0.717) is 25.3 Å². The number of nitro groups is 1. The Balaban J connectivity index is 1.85. The van der Waals surface area contributed by atoms with Crippen molar-refractivity contribution >= 4 is 32.7 Å². The molecule has 2 heterocycles. The number of aryl methyl sites for hydroxylation is 1. The third kappa shape index (κ3) is 4.02. The van der Waals surface area contributed by atoms with E-state index in [1.165, 1.54) is 27.8 Å². The largest absolute Gasteiger partial charge is 0.375 e. The van der Waals surface area contributed by atoms with Gasteiger partial charge in [-0.3, -0.25) is 10.1 Å². The van der Waals surface area contributed by atoms with E-state index in [2.05, 4.69) is 10.3 Å². The van der Waals surface area contributed by atoms with E-state index >= 15 is 0 Å². The molecule has 0 atom stereocenters. The number of hydrogen-bond acceptors (Lipinski definition) is 7. The highest BCUT2D eigenvalue weighted by atomic mass is 32.2. The van der Waals surface area contributed by atoms with Crippen LogP contribution in [-0.2, 0) is 16.6 Å². The molecule has 10 heteroatoms. The minimum absolute atomic E-state index is 0.0368. The van der Waals surface area contributed by atoms with Crippen LogP contribution < -0.4 is 5.32 Å². The average Bonchev–Trinajstić information content (AvgIpc) is 3.05. The van der Waals surface area contributed by atoms with Gasteiger partial charge in [0.1, 0.15) is 5.69 Å². The fraction of sp³-hybridized carbons (Fsp3) is 0.438. The lowest BCUT2D eigenvalue weighted by molar-refractivity contribution is -0.384. The first-order chi connectivity index (χ1) is 12.4. The van der Waals surface area contributed by atoms with Crippen LogP contribution in [0.15, 0.2) is 29.3 Å². The summed E-state index contributed by atoms with van der Waals surface area (Å²) in [4.78, 5) is 15.9. The summed E-state index contributed by atoms with van der Waals surface area (Å²) < 4.78 is 26.9. The highest BCUT2D eigenvalue weighted by Crippen LogP contribution is 2.30. The number of nitrogens with zero attached hydrogens (tertiary/aromatic N) is 3. The zero-order valence-electron chi connectivity index (χ0n) is 14.3. The van der Waals surface area contributed by atoms with Crippen molar-refractivity contribution in [3.05, 3.63) is 44.4 Å². The molecule has 1 saturated heterocycles. The van der Waals surface area contributed by atoms with Crippen molar-refractivity contribution < 1.29 is 13.3 Å². The summed E-state index contributed by atoms with van der Waals surface area (Å²) in [5.74, 6) is 0. The number of piperidine rings is 1. The van der Waals surface area contributed by atoms with Gasteiger partial charge in [0, 0.05) is 30.2 Å². The number of thiazole rings is 1. The highest BCUT2D eigenvalue weighted by molar-refractivity contribution is 7.89. The van der Waals surface area contributed by atoms with Gasteiger partial charge in [0.15, 0.2) is 0 Å². The van der Waals surface area contributed by atoms with Crippen LogP contribution in [0.1, 0.15) is 29.1 Å². The molecule has 0 radical (unpaired) electrons. The fourth-order valence-corrected chi connectivity index (χ4v) is 5.17. The Kier molecular flexibility index (Phi) is 5.54. The van der Waals surface area contributed by atoms with Gasteiger partial charge in [-0.05, 0) is 31.9 Å². The molecule has 1 aliphatic heterocycles. The predicted octanol–water partition coefficient (Wildman–Crippen LogP) is 3.15. The van der Waals surface area contributed by atoms with Crippen molar-refractivity contribution in [1.82, 2.24) is 9.29 Å². The quantitative estimate of drug-likeness (QED) is 0.594. The van der Waals surface area contributed by atoms with E-state index in [0.717, 1.165) is 35.2 Å². The Bertz CT molecular complexity index is 905. The number of rotatable bonds is 6. The number of hydrogen-bond donors (Lipinski definition) is 1. The molecule has 2 aromatic rings. The van der Waals surface area contributed by atoms with E-state index in [9.17, 15) is 18.5 Å². The lowest BCUT2D eigenvalue weighted by Gasteiger charge is -2.25. The van der Waals surface area contributed by atoms with Gasteiger partial charge in [-0.15, -0.1) is 11.3 Å². The lowest BCUT2D eigenvalue weighted by Crippen LogP contribution is -2.35. The molecule has 0 spiro atoms. The van der Waals surface area contributed by atoms with Crippen LogP contribution in [0, 0.1) is 17.0 Å². The highest BCUT2D eigenvalue weighted by Gasteiger charge is 2.28. The molecule has 1 fully saturated rings. The molecule has 3 rings (SSSR count). The summed E-state index contributed by atoms with van der Waals surface area (Å²) >= 11 is 1.50. The molecule has 140 valence electrons. The predicted molar refractivity (Wildman–Crippen MR) is 99.9 cm³/mol. The van der Waals surface area contributed by atoms with Crippen LogP contribution in [0.25, 0.3) is 0 Å². The first kappa shape index (κ1) is 18.7. The maximum Gasteiger partial charge on any atom is 0.293 e. The van der Waals surface area contributed by atoms with Crippen molar-refractivity contribution in [3.63, 3.8) is 0 Å². The fourth-order valence-electron chi connectivity index (χ4n) is 2.90. The van der Waals surface area contributed by atoms with Gasteiger partial charge in [-0.1, -0.05) is 6.42 Å². The molecule has 0 unspecified atom stereocenters. The summed E-state index contributed by atoms with van der Waals surface area (Å²) in [5, 5.41) is 15.4.